The van der Waals surface area contributed by atoms with Crippen molar-refractivity contribution in [1.82, 2.24) is 0 Å². The van der Waals surface area contributed by atoms with Crippen LogP contribution in [-0.2, 0) is 4.79 Å². The van der Waals surface area contributed by atoms with Crippen LogP contribution in [0, 0.1) is 5.82 Å². The van der Waals surface area contributed by atoms with Gasteiger partial charge in [0, 0.05) is 0 Å². The summed E-state index contributed by atoms with van der Waals surface area (Å²) in [4.78, 5) is 26.5. The van der Waals surface area contributed by atoms with E-state index in [1.54, 1.807) is 0 Å². The van der Waals surface area contributed by atoms with Crippen molar-refractivity contribution in [2.24, 2.45) is 0 Å². The molecule has 0 N–H and O–H groups in total. The van der Waals surface area contributed by atoms with Gasteiger partial charge in [-0.1, -0.05) is 60.7 Å². The number of rotatable bonds is 3. The number of nitrogens with zero attached hydrogens (tertiary/aromatic N) is 1. The number of ketones is 1. The van der Waals surface area contributed by atoms with Crippen molar-refractivity contribution in [2.45, 2.75) is 6.04 Å². The van der Waals surface area contributed by atoms with Gasteiger partial charge in [-0.2, -0.15) is 0 Å². The number of benzene rings is 3. The Kier molecular flexibility index (Phi) is 3.65. The van der Waals surface area contributed by atoms with E-state index in [1.165, 1.54) is 23.1 Å². The molecule has 0 saturated heterocycles. The molecule has 3 nitrogen and oxygen atoms in total. The van der Waals surface area contributed by atoms with Crippen LogP contribution in [-0.4, -0.2) is 11.7 Å². The average Bonchev–Trinajstić information content (AvgIpc) is 2.88. The maximum Gasteiger partial charge on any atom is 0.300 e. The lowest BCUT2D eigenvalue weighted by Gasteiger charge is -2.29. The maximum absolute atomic E-state index is 13.8. The molecule has 122 valence electrons. The van der Waals surface area contributed by atoms with Crippen LogP contribution in [0.2, 0.25) is 0 Å². The van der Waals surface area contributed by atoms with Gasteiger partial charge < -0.3 is 0 Å². The van der Waals surface area contributed by atoms with Gasteiger partial charge in [-0.05, 0) is 29.3 Å². The van der Waals surface area contributed by atoms with E-state index in [9.17, 15) is 14.0 Å². The summed E-state index contributed by atoms with van der Waals surface area (Å²) in [5.41, 5.74) is 2.26. The molecule has 0 fully saturated rings. The van der Waals surface area contributed by atoms with Crippen molar-refractivity contribution < 1.29 is 14.0 Å². The zero-order valence-corrected chi connectivity index (χ0v) is 13.2. The van der Waals surface area contributed by atoms with Gasteiger partial charge in [-0.15, -0.1) is 0 Å². The molecule has 0 spiro atoms. The van der Waals surface area contributed by atoms with Gasteiger partial charge >= 0.3 is 0 Å². The number of carbonyl (C=O) groups excluding carboxylic acids is 2. The topological polar surface area (TPSA) is 37.4 Å². The van der Waals surface area contributed by atoms with Gasteiger partial charge in [-0.3, -0.25) is 14.5 Å². The van der Waals surface area contributed by atoms with Crippen molar-refractivity contribution in [3.63, 3.8) is 0 Å². The van der Waals surface area contributed by atoms with Gasteiger partial charge in [-0.25, -0.2) is 4.39 Å². The number of hydrogen-bond donors (Lipinski definition) is 0. The summed E-state index contributed by atoms with van der Waals surface area (Å²) >= 11 is 0. The summed E-state index contributed by atoms with van der Waals surface area (Å²) in [7, 11) is 0. The first-order valence-electron chi connectivity index (χ1n) is 7.94. The van der Waals surface area contributed by atoms with Crippen LogP contribution in [0.15, 0.2) is 78.9 Å². The van der Waals surface area contributed by atoms with Gasteiger partial charge in [0.25, 0.3) is 11.7 Å². The molecule has 0 bridgehead atoms. The Morgan fingerprint density at radius 2 is 1.32 bits per heavy atom. The first kappa shape index (κ1) is 15.3. The van der Waals surface area contributed by atoms with Gasteiger partial charge in [0.1, 0.15) is 5.82 Å². The molecule has 1 amide bonds. The minimum atomic E-state index is -0.640. The third kappa shape index (κ3) is 2.52. The van der Waals surface area contributed by atoms with Crippen LogP contribution < -0.4 is 4.90 Å². The van der Waals surface area contributed by atoms with Crippen LogP contribution in [0.3, 0.4) is 0 Å². The predicted molar refractivity (Wildman–Crippen MR) is 92.9 cm³/mol. The van der Waals surface area contributed by atoms with Crippen molar-refractivity contribution >= 4 is 17.4 Å². The van der Waals surface area contributed by atoms with E-state index < -0.39 is 23.5 Å². The third-order valence-electron chi connectivity index (χ3n) is 4.37. The summed E-state index contributed by atoms with van der Waals surface area (Å²) in [6.45, 7) is 0. The Hall–Kier alpha value is -3.27. The highest BCUT2D eigenvalue weighted by Crippen LogP contribution is 2.39. The standard InChI is InChI=1S/C21H14FNO2/c22-16-11-12-17-18(13-16)23(21(25)20(17)24)19(14-7-3-1-4-8-14)15-9-5-2-6-10-15/h1-13,19H. The smallest absolute Gasteiger partial charge is 0.293 e. The normalized spacial score (nSPS) is 13.4. The Balaban J connectivity index is 1.93. The monoisotopic (exact) mass is 331 g/mol. The van der Waals surface area contributed by atoms with Crippen LogP contribution in [0.5, 0.6) is 0 Å². The fourth-order valence-corrected chi connectivity index (χ4v) is 3.25. The van der Waals surface area contributed by atoms with Crippen LogP contribution >= 0.6 is 0 Å². The fraction of sp³-hybridized carbons (Fsp3) is 0.0476. The first-order chi connectivity index (χ1) is 12.2. The minimum Gasteiger partial charge on any atom is -0.293 e. The average molecular weight is 331 g/mol. The van der Waals surface area contributed by atoms with E-state index >= 15 is 0 Å². The Labute approximate surface area is 144 Å². The van der Waals surface area contributed by atoms with Crippen molar-refractivity contribution in [2.75, 3.05) is 4.90 Å². The van der Waals surface area contributed by atoms with Gasteiger partial charge in [0.15, 0.2) is 0 Å². The molecule has 4 rings (SSSR count). The molecule has 1 heterocycles. The number of hydrogen-bond acceptors (Lipinski definition) is 2. The highest BCUT2D eigenvalue weighted by molar-refractivity contribution is 6.52. The lowest BCUT2D eigenvalue weighted by atomic mass is 9.97. The van der Waals surface area contributed by atoms with E-state index in [0.717, 1.165) is 11.1 Å². The van der Waals surface area contributed by atoms with Crippen LogP contribution in [0.1, 0.15) is 27.5 Å². The van der Waals surface area contributed by atoms with E-state index in [0.29, 0.717) is 5.69 Å². The molecule has 4 heteroatoms. The second-order valence-corrected chi connectivity index (χ2v) is 5.89. The molecule has 0 aromatic heterocycles. The second kappa shape index (κ2) is 5.98. The number of Topliss-reactive ketones (excluding diaryl/α,β-unsaturated/α-hetero) is 1. The maximum atomic E-state index is 13.8. The SMILES string of the molecule is O=C1C(=O)N(C(c2ccccc2)c2ccccc2)c2cc(F)ccc21. The third-order valence-corrected chi connectivity index (χ3v) is 4.37. The number of halogens is 1. The molecule has 0 radical (unpaired) electrons. The van der Waals surface area contributed by atoms with Crippen molar-refractivity contribution in [1.29, 1.82) is 0 Å². The Morgan fingerprint density at radius 1 is 0.760 bits per heavy atom. The molecule has 3 aromatic carbocycles. The van der Waals surface area contributed by atoms with Gasteiger partial charge in [0.05, 0.1) is 17.3 Å². The number of amides is 1. The van der Waals surface area contributed by atoms with Crippen molar-refractivity contribution in [3.05, 3.63) is 101 Å². The number of fused-ring (bicyclic) bond motifs is 1. The van der Waals surface area contributed by atoms with E-state index in [2.05, 4.69) is 0 Å². The zero-order chi connectivity index (χ0) is 17.4. The molecule has 3 aromatic rings. The van der Waals surface area contributed by atoms with E-state index in [1.807, 2.05) is 60.7 Å². The lowest BCUT2D eigenvalue weighted by Crippen LogP contribution is -2.34. The molecule has 0 aliphatic carbocycles. The molecule has 1 aliphatic rings. The molecule has 25 heavy (non-hydrogen) atoms. The molecule has 0 unspecified atom stereocenters. The van der Waals surface area contributed by atoms with Crippen molar-refractivity contribution in [3.8, 4) is 0 Å². The van der Waals surface area contributed by atoms with Crippen LogP contribution in [0.25, 0.3) is 0 Å². The summed E-state index contributed by atoms with van der Waals surface area (Å²) in [5, 5.41) is 0. The molecular weight excluding hydrogens is 317 g/mol. The summed E-state index contributed by atoms with van der Waals surface area (Å²) in [6.07, 6.45) is 0. The summed E-state index contributed by atoms with van der Waals surface area (Å²) in [6, 6.07) is 22.2. The summed E-state index contributed by atoms with van der Waals surface area (Å²) < 4.78 is 13.8. The largest absolute Gasteiger partial charge is 0.300 e. The first-order valence-corrected chi connectivity index (χ1v) is 7.94. The molecule has 0 saturated carbocycles. The predicted octanol–water partition coefficient (Wildman–Crippen LogP) is 4.14. The number of anilines is 1. The molecule has 0 atom stereocenters. The minimum absolute atomic E-state index is 0.239. The molecular formula is C21H14FNO2. The Morgan fingerprint density at radius 3 is 1.88 bits per heavy atom. The fourth-order valence-electron chi connectivity index (χ4n) is 3.25. The lowest BCUT2D eigenvalue weighted by molar-refractivity contribution is -0.114. The quantitative estimate of drug-likeness (QED) is 0.676. The molecule has 1 aliphatic heterocycles. The summed E-state index contributed by atoms with van der Waals surface area (Å²) in [5.74, 6) is -1.73. The zero-order valence-electron chi connectivity index (χ0n) is 13.2. The highest BCUT2D eigenvalue weighted by Gasteiger charge is 2.41. The van der Waals surface area contributed by atoms with Crippen LogP contribution in [0.4, 0.5) is 10.1 Å². The van der Waals surface area contributed by atoms with E-state index in [-0.39, 0.29) is 5.56 Å². The number of carbonyl (C=O) groups is 2. The second-order valence-electron chi connectivity index (χ2n) is 5.89. The highest BCUT2D eigenvalue weighted by atomic mass is 19.1. The van der Waals surface area contributed by atoms with E-state index in [4.69, 9.17) is 0 Å². The van der Waals surface area contributed by atoms with Gasteiger partial charge in [0.2, 0.25) is 0 Å². The Bertz CT molecular complexity index is 915.